The molecule has 0 aliphatic heterocycles. The van der Waals surface area contributed by atoms with Gasteiger partial charge in [0.05, 0.1) is 12.3 Å². The maximum atomic E-state index is 8.45. The highest BCUT2D eigenvalue weighted by Crippen LogP contribution is 2.36. The molecule has 0 aromatic heterocycles. The Balaban J connectivity index is 3.98. The van der Waals surface area contributed by atoms with E-state index in [-0.39, 0.29) is 5.04 Å². The van der Waals surface area contributed by atoms with Gasteiger partial charge in [-0.2, -0.15) is 5.26 Å². The third kappa shape index (κ3) is 6.66. The first kappa shape index (κ1) is 17.0. The molecule has 0 unspecified atom stereocenters. The Bertz CT molecular complexity index is 331. The third-order valence-corrected chi connectivity index (χ3v) is 7.83. The molecule has 102 valence electrons. The minimum Gasteiger partial charge on any atom is -0.549 e. The lowest BCUT2D eigenvalue weighted by molar-refractivity contribution is 0.428. The van der Waals surface area contributed by atoms with Crippen molar-refractivity contribution in [2.45, 2.75) is 64.6 Å². The quantitative estimate of drug-likeness (QED) is 0.275. The van der Waals surface area contributed by atoms with Gasteiger partial charge in [0.1, 0.15) is 0 Å². The number of hydrogen-bond donors (Lipinski definition) is 0. The predicted octanol–water partition coefficient (Wildman–Crippen LogP) is 5.16. The summed E-state index contributed by atoms with van der Waals surface area (Å²) in [5, 5.41) is 8.69. The molecule has 0 amide bonds. The first-order valence-corrected chi connectivity index (χ1v) is 9.48. The van der Waals surface area contributed by atoms with Crippen molar-refractivity contribution in [1.29, 1.82) is 5.26 Å². The van der Waals surface area contributed by atoms with Crippen LogP contribution in [-0.2, 0) is 4.43 Å². The van der Waals surface area contributed by atoms with Gasteiger partial charge < -0.3 is 4.43 Å². The van der Waals surface area contributed by atoms with Crippen LogP contribution in [0.1, 0.15) is 46.5 Å². The number of allylic oxidation sites excluding steroid dienone is 2. The molecule has 0 aromatic rings. The van der Waals surface area contributed by atoms with E-state index in [9.17, 15) is 0 Å². The molecular weight excluding hydrogens is 238 g/mol. The van der Waals surface area contributed by atoms with Gasteiger partial charge in [-0.15, -0.1) is 0 Å². The predicted molar refractivity (Wildman–Crippen MR) is 80.6 cm³/mol. The maximum absolute atomic E-state index is 8.45. The van der Waals surface area contributed by atoms with E-state index in [1.165, 1.54) is 5.57 Å². The van der Waals surface area contributed by atoms with Gasteiger partial charge in [-0.1, -0.05) is 32.9 Å². The summed E-state index contributed by atoms with van der Waals surface area (Å²) in [4.78, 5) is 0. The largest absolute Gasteiger partial charge is 0.549 e. The molecule has 0 bridgehead atoms. The number of nitrogens with zero attached hydrogens (tertiary/aromatic N) is 1. The van der Waals surface area contributed by atoms with Crippen LogP contribution in [0.15, 0.2) is 24.5 Å². The smallest absolute Gasteiger partial charge is 0.249 e. The van der Waals surface area contributed by atoms with Crippen molar-refractivity contribution in [1.82, 2.24) is 0 Å². The van der Waals surface area contributed by atoms with Gasteiger partial charge in [-0.3, -0.25) is 0 Å². The van der Waals surface area contributed by atoms with Crippen LogP contribution in [0.25, 0.3) is 0 Å². The van der Waals surface area contributed by atoms with Crippen molar-refractivity contribution in [3.8, 4) is 6.07 Å². The molecule has 0 radical (unpaired) electrons. The van der Waals surface area contributed by atoms with Crippen molar-refractivity contribution < 1.29 is 4.43 Å². The van der Waals surface area contributed by atoms with Gasteiger partial charge in [0.25, 0.3) is 0 Å². The molecule has 0 rings (SSSR count). The topological polar surface area (TPSA) is 33.0 Å². The normalized spacial score (nSPS) is 12.4. The summed E-state index contributed by atoms with van der Waals surface area (Å²) in [6.45, 7) is 15.2. The van der Waals surface area contributed by atoms with E-state index >= 15 is 0 Å². The highest BCUT2D eigenvalue weighted by Gasteiger charge is 2.37. The Kier molecular flexibility index (Phi) is 7.01. The molecule has 0 aliphatic rings. The van der Waals surface area contributed by atoms with Gasteiger partial charge in [-0.05, 0) is 43.5 Å². The van der Waals surface area contributed by atoms with Gasteiger partial charge in [0, 0.05) is 6.42 Å². The second kappa shape index (κ2) is 7.43. The van der Waals surface area contributed by atoms with Crippen molar-refractivity contribution in [2.75, 3.05) is 0 Å². The molecule has 0 N–H and O–H groups in total. The molecule has 0 atom stereocenters. The third-order valence-electron chi connectivity index (χ3n) is 3.49. The lowest BCUT2D eigenvalue weighted by Crippen LogP contribution is -2.39. The Morgan fingerprint density at radius 1 is 1.39 bits per heavy atom. The summed E-state index contributed by atoms with van der Waals surface area (Å²) in [5.41, 5.74) is 1.17. The van der Waals surface area contributed by atoms with Crippen molar-refractivity contribution in [3.05, 3.63) is 24.5 Å². The Morgan fingerprint density at radius 3 is 2.50 bits per heavy atom. The number of hydrogen-bond acceptors (Lipinski definition) is 2. The van der Waals surface area contributed by atoms with Crippen LogP contribution in [0.3, 0.4) is 0 Å². The molecule has 0 saturated carbocycles. The van der Waals surface area contributed by atoms with Crippen LogP contribution in [0.4, 0.5) is 0 Å². The lowest BCUT2D eigenvalue weighted by atomic mass is 10.1. The van der Waals surface area contributed by atoms with Crippen molar-refractivity contribution >= 4 is 8.32 Å². The van der Waals surface area contributed by atoms with Gasteiger partial charge in [0.15, 0.2) is 0 Å². The zero-order valence-electron chi connectivity index (χ0n) is 12.5. The summed E-state index contributed by atoms with van der Waals surface area (Å²) < 4.78 is 5.93. The van der Waals surface area contributed by atoms with Crippen LogP contribution < -0.4 is 0 Å². The summed E-state index contributed by atoms with van der Waals surface area (Å²) in [6.07, 6.45) is 7.18. The van der Waals surface area contributed by atoms with E-state index in [4.69, 9.17) is 9.69 Å². The van der Waals surface area contributed by atoms with Gasteiger partial charge >= 0.3 is 0 Å². The lowest BCUT2D eigenvalue weighted by Gasteiger charge is -2.34. The molecule has 0 aromatic carbocycles. The highest BCUT2D eigenvalue weighted by molar-refractivity contribution is 6.74. The van der Waals surface area contributed by atoms with E-state index in [0.29, 0.717) is 6.42 Å². The molecule has 18 heavy (non-hydrogen) atoms. The van der Waals surface area contributed by atoms with E-state index in [0.717, 1.165) is 19.3 Å². The molecular formula is C15H27NOSi. The monoisotopic (exact) mass is 265 g/mol. The molecule has 2 nitrogen and oxygen atoms in total. The minimum atomic E-state index is -1.67. The molecule has 0 spiro atoms. The van der Waals surface area contributed by atoms with Crippen LogP contribution >= 0.6 is 0 Å². The molecule has 0 aliphatic carbocycles. The fourth-order valence-corrected chi connectivity index (χ4v) is 1.92. The fourth-order valence-electron chi connectivity index (χ4n) is 1.13. The van der Waals surface area contributed by atoms with Crippen LogP contribution in [0.2, 0.25) is 18.1 Å². The van der Waals surface area contributed by atoms with Crippen LogP contribution in [0.5, 0.6) is 0 Å². The number of nitriles is 1. The van der Waals surface area contributed by atoms with Gasteiger partial charge in [-0.25, -0.2) is 0 Å². The highest BCUT2D eigenvalue weighted by atomic mass is 28.4. The zero-order chi connectivity index (χ0) is 14.2. The minimum absolute atomic E-state index is 0.237. The zero-order valence-corrected chi connectivity index (χ0v) is 13.5. The molecule has 0 fully saturated rings. The fraction of sp³-hybridized carbons (Fsp3) is 0.667. The van der Waals surface area contributed by atoms with Crippen LogP contribution in [0, 0.1) is 11.3 Å². The molecule has 0 heterocycles. The van der Waals surface area contributed by atoms with Crippen molar-refractivity contribution in [3.63, 3.8) is 0 Å². The first-order chi connectivity index (χ1) is 8.20. The second-order valence-electron chi connectivity index (χ2n) is 6.22. The summed E-state index contributed by atoms with van der Waals surface area (Å²) >= 11 is 0. The maximum Gasteiger partial charge on any atom is 0.249 e. The standard InChI is InChI=1S/C15H27NOSi/c1-14(10-7-8-12-16)11-9-13-17-18(5,6)15(2,3)4/h9,13H,1,7-8,10-11H2,2-6H3/b13-9+. The molecule has 3 heteroatoms. The van der Waals surface area contributed by atoms with E-state index in [1.54, 1.807) is 0 Å². The Morgan fingerprint density at radius 2 is 2.00 bits per heavy atom. The summed E-state index contributed by atoms with van der Waals surface area (Å²) in [5.74, 6) is 0. The average Bonchev–Trinajstić information content (AvgIpc) is 2.23. The van der Waals surface area contributed by atoms with E-state index < -0.39 is 8.32 Å². The van der Waals surface area contributed by atoms with Gasteiger partial charge in [0.2, 0.25) is 8.32 Å². The average molecular weight is 265 g/mol. The van der Waals surface area contributed by atoms with Crippen molar-refractivity contribution in [2.24, 2.45) is 0 Å². The van der Waals surface area contributed by atoms with E-state index in [1.807, 2.05) is 12.3 Å². The molecule has 0 saturated heterocycles. The first-order valence-electron chi connectivity index (χ1n) is 6.57. The Hall–Kier alpha value is -1.01. The number of unbranched alkanes of at least 4 members (excludes halogenated alkanes) is 1. The number of rotatable bonds is 7. The Labute approximate surface area is 113 Å². The summed E-state index contributed by atoms with van der Waals surface area (Å²) in [7, 11) is -1.67. The van der Waals surface area contributed by atoms with E-state index in [2.05, 4.69) is 46.5 Å². The van der Waals surface area contributed by atoms with Crippen LogP contribution in [-0.4, -0.2) is 8.32 Å². The summed E-state index contributed by atoms with van der Waals surface area (Å²) in [6, 6.07) is 2.15. The SMILES string of the molecule is C=C(C/C=C/O[Si](C)(C)C(C)(C)C)CCCC#N. The second-order valence-corrected chi connectivity index (χ2v) is 11.0.